The molecule has 24 heteroatoms. The van der Waals surface area contributed by atoms with Crippen LogP contribution in [0, 0.1) is 16.0 Å². The van der Waals surface area contributed by atoms with E-state index in [1.807, 2.05) is 0 Å². The van der Waals surface area contributed by atoms with Gasteiger partial charge in [-0.2, -0.15) is 0 Å². The number of non-ortho nitro benzene ring substituents is 1. The second-order valence-corrected chi connectivity index (χ2v) is 14.8. The molecule has 0 saturated heterocycles. The van der Waals surface area contributed by atoms with Gasteiger partial charge in [0.2, 0.25) is 23.6 Å². The molecule has 0 spiro atoms. The number of carbonyl (C=O) groups is 8. The average Bonchev–Trinajstić information content (AvgIpc) is 3.62. The van der Waals surface area contributed by atoms with Crippen LogP contribution in [0.5, 0.6) is 5.75 Å². The van der Waals surface area contributed by atoms with Crippen LogP contribution < -0.4 is 37.1 Å². The Kier molecular flexibility index (Phi) is 24.5. The van der Waals surface area contributed by atoms with E-state index in [1.165, 1.54) is 24.3 Å². The van der Waals surface area contributed by atoms with E-state index in [1.54, 1.807) is 38.1 Å². The summed E-state index contributed by atoms with van der Waals surface area (Å²) in [6.07, 6.45) is 1.62. The molecule has 24 nitrogen and oxygen atoms in total. The Morgan fingerprint density at radius 1 is 0.716 bits per heavy atom. The van der Waals surface area contributed by atoms with Gasteiger partial charge in [0.25, 0.3) is 17.5 Å². The minimum Gasteiger partial charge on any atom is -0.429 e. The van der Waals surface area contributed by atoms with E-state index < -0.39 is 58.7 Å². The molecule has 2 aromatic rings. The van der Waals surface area contributed by atoms with Crippen molar-refractivity contribution in [1.29, 1.82) is 0 Å². The van der Waals surface area contributed by atoms with E-state index in [0.717, 1.165) is 17.1 Å². The Balaban J connectivity index is 1.30. The normalized spacial score (nSPS) is 12.9. The molecular formula is C43H58N8O16. The Morgan fingerprint density at radius 2 is 1.31 bits per heavy atom. The number of primary amides is 1. The topological polar surface area (TPSA) is 324 Å². The lowest BCUT2D eigenvalue weighted by atomic mass is 10.0. The molecule has 0 aliphatic carbocycles. The Labute approximate surface area is 386 Å². The third-order valence-corrected chi connectivity index (χ3v) is 9.32. The van der Waals surface area contributed by atoms with Crippen LogP contribution in [0.25, 0.3) is 0 Å². The molecule has 2 atom stereocenters. The van der Waals surface area contributed by atoms with Crippen molar-refractivity contribution in [3.63, 3.8) is 0 Å². The van der Waals surface area contributed by atoms with E-state index in [4.69, 9.17) is 34.2 Å². The van der Waals surface area contributed by atoms with Gasteiger partial charge in [-0.25, -0.2) is 9.59 Å². The maximum absolute atomic E-state index is 13.5. The van der Waals surface area contributed by atoms with Crippen molar-refractivity contribution in [2.45, 2.75) is 58.2 Å². The van der Waals surface area contributed by atoms with Gasteiger partial charge in [-0.15, -0.1) is 0 Å². The minimum atomic E-state index is -1.08. The number of imide groups is 1. The van der Waals surface area contributed by atoms with E-state index in [0.29, 0.717) is 37.7 Å². The van der Waals surface area contributed by atoms with Gasteiger partial charge >= 0.3 is 12.2 Å². The summed E-state index contributed by atoms with van der Waals surface area (Å²) in [5.41, 5.74) is 5.89. The molecule has 0 radical (unpaired) electrons. The highest BCUT2D eigenvalue weighted by Crippen LogP contribution is 2.18. The number of urea groups is 1. The summed E-state index contributed by atoms with van der Waals surface area (Å²) in [4.78, 5) is 109. The standard InChI is InChI=1S/C43H58N8O16/c1-29(2)39(49-36(53)16-20-62-22-24-64-26-27-65-25-23-63-21-18-45-35(52)15-19-50-37(54)13-14-38(50)55)41(57)48-34(4-3-17-46-42(44)58)40(56)47-31-7-5-30(6-8-31)28-66-43(59)67-33-11-9-32(10-12-33)51(60)61/h5-14,29,34,39H,3-4,15-28H2,1-2H3,(H,45,52)(H,47,56)(H,48,57)(H,49,53)(H3,44,46,58)/t34-,39?/m0/s1. The highest BCUT2D eigenvalue weighted by molar-refractivity contribution is 6.13. The van der Waals surface area contributed by atoms with Crippen molar-refractivity contribution in [3.05, 3.63) is 76.4 Å². The second-order valence-electron chi connectivity index (χ2n) is 14.8. The molecule has 2 aromatic carbocycles. The van der Waals surface area contributed by atoms with Gasteiger partial charge in [0.05, 0.1) is 57.8 Å². The largest absolute Gasteiger partial charge is 0.514 e. The zero-order valence-electron chi connectivity index (χ0n) is 37.3. The Hall–Kier alpha value is -7.02. The van der Waals surface area contributed by atoms with Crippen LogP contribution in [-0.2, 0) is 59.1 Å². The number of benzene rings is 2. The number of anilines is 1. The number of nitrogens with one attached hydrogen (secondary N) is 5. The molecule has 1 heterocycles. The fraction of sp³-hybridized carbons (Fsp3) is 0.488. The molecule has 1 aliphatic rings. The maximum atomic E-state index is 13.5. The lowest BCUT2D eigenvalue weighted by molar-refractivity contribution is -0.384. The zero-order valence-corrected chi connectivity index (χ0v) is 37.3. The first-order valence-corrected chi connectivity index (χ1v) is 21.4. The number of nitrogens with zero attached hydrogens (tertiary/aromatic N) is 2. The van der Waals surface area contributed by atoms with Crippen molar-refractivity contribution in [2.75, 3.05) is 77.8 Å². The van der Waals surface area contributed by atoms with E-state index in [-0.39, 0.29) is 102 Å². The van der Waals surface area contributed by atoms with E-state index in [9.17, 15) is 48.5 Å². The van der Waals surface area contributed by atoms with Gasteiger partial charge in [-0.05, 0) is 48.6 Å². The summed E-state index contributed by atoms with van der Waals surface area (Å²) in [5, 5.41) is 24.0. The monoisotopic (exact) mass is 942 g/mol. The highest BCUT2D eigenvalue weighted by Gasteiger charge is 2.29. The van der Waals surface area contributed by atoms with Gasteiger partial charge < -0.3 is 60.7 Å². The molecule has 0 saturated carbocycles. The first-order valence-electron chi connectivity index (χ1n) is 21.4. The molecule has 1 aliphatic heterocycles. The molecule has 67 heavy (non-hydrogen) atoms. The number of nitro groups is 1. The average molecular weight is 943 g/mol. The summed E-state index contributed by atoms with van der Waals surface area (Å²) < 4.78 is 31.9. The smallest absolute Gasteiger partial charge is 0.429 e. The van der Waals surface area contributed by atoms with Crippen molar-refractivity contribution < 1.29 is 71.7 Å². The van der Waals surface area contributed by atoms with E-state index >= 15 is 0 Å². The number of ether oxygens (including phenoxy) is 6. The quantitative estimate of drug-likeness (QED) is 0.0150. The van der Waals surface area contributed by atoms with Gasteiger partial charge in [0.1, 0.15) is 24.4 Å². The molecular weight excluding hydrogens is 885 g/mol. The van der Waals surface area contributed by atoms with Crippen LogP contribution >= 0.6 is 0 Å². The van der Waals surface area contributed by atoms with E-state index in [2.05, 4.69) is 26.6 Å². The van der Waals surface area contributed by atoms with Crippen LogP contribution in [0.15, 0.2) is 60.7 Å². The summed E-state index contributed by atoms with van der Waals surface area (Å²) in [7, 11) is 0. The Bertz CT molecular complexity index is 1980. The van der Waals surface area contributed by atoms with Gasteiger partial charge in [-0.3, -0.25) is 43.8 Å². The van der Waals surface area contributed by atoms with Crippen molar-refractivity contribution in [2.24, 2.45) is 11.7 Å². The maximum Gasteiger partial charge on any atom is 0.514 e. The van der Waals surface area contributed by atoms with Crippen molar-refractivity contribution in [1.82, 2.24) is 26.2 Å². The molecule has 0 bridgehead atoms. The number of hydrogen-bond donors (Lipinski definition) is 6. The fourth-order valence-corrected chi connectivity index (χ4v) is 5.79. The molecule has 3 rings (SSSR count). The zero-order chi connectivity index (χ0) is 49.0. The van der Waals surface area contributed by atoms with Gasteiger partial charge in [0, 0.05) is 62.4 Å². The number of nitro benzene ring substituents is 1. The van der Waals surface area contributed by atoms with Gasteiger partial charge in [0.15, 0.2) is 0 Å². The lowest BCUT2D eigenvalue weighted by Crippen LogP contribution is -2.54. The van der Waals surface area contributed by atoms with Crippen LogP contribution in [0.3, 0.4) is 0 Å². The number of carbonyl (C=O) groups excluding carboxylic acids is 8. The molecule has 366 valence electrons. The summed E-state index contributed by atoms with van der Waals surface area (Å²) >= 11 is 0. The predicted molar refractivity (Wildman–Crippen MR) is 236 cm³/mol. The molecule has 8 amide bonds. The van der Waals surface area contributed by atoms with Crippen LogP contribution in [0.4, 0.5) is 21.0 Å². The fourth-order valence-electron chi connectivity index (χ4n) is 5.79. The van der Waals surface area contributed by atoms with Crippen LogP contribution in [0.2, 0.25) is 0 Å². The molecule has 0 fully saturated rings. The van der Waals surface area contributed by atoms with Gasteiger partial charge in [-0.1, -0.05) is 26.0 Å². The van der Waals surface area contributed by atoms with Crippen LogP contribution in [-0.4, -0.2) is 142 Å². The minimum absolute atomic E-state index is 0.0000279. The first-order chi connectivity index (χ1) is 32.1. The number of amides is 8. The third-order valence-electron chi connectivity index (χ3n) is 9.32. The first kappa shape index (κ1) is 54.3. The number of nitrogens with two attached hydrogens (primary N) is 1. The molecule has 0 aromatic heterocycles. The number of hydrogen-bond acceptors (Lipinski definition) is 16. The summed E-state index contributed by atoms with van der Waals surface area (Å²) in [6.45, 7) is 5.66. The molecule has 1 unspecified atom stereocenters. The number of rotatable bonds is 32. The molecule has 7 N–H and O–H groups in total. The van der Waals surface area contributed by atoms with Crippen LogP contribution in [0.1, 0.15) is 45.1 Å². The lowest BCUT2D eigenvalue weighted by Gasteiger charge is -2.25. The SMILES string of the molecule is CC(C)C(NC(=O)CCOCCOCCOCCOCCNC(=O)CCN1C(=O)C=CC1=O)C(=O)N[C@@H](CCCNC(N)=O)C(=O)Nc1ccc(COC(=O)Oc2ccc([N+](=O)[O-])cc2)cc1. The predicted octanol–water partition coefficient (Wildman–Crippen LogP) is 1.21. The highest BCUT2D eigenvalue weighted by atomic mass is 16.7. The summed E-state index contributed by atoms with van der Waals surface area (Å²) in [6, 6.07) is 8.32. The second kappa shape index (κ2) is 30.2. The Morgan fingerprint density at radius 3 is 1.90 bits per heavy atom. The summed E-state index contributed by atoms with van der Waals surface area (Å²) in [5.74, 6) is -3.11. The van der Waals surface area contributed by atoms with Crippen molar-refractivity contribution >= 4 is 59.0 Å². The third kappa shape index (κ3) is 22.1. The van der Waals surface area contributed by atoms with Crippen molar-refractivity contribution in [3.8, 4) is 5.75 Å².